The van der Waals surface area contributed by atoms with Gasteiger partial charge in [-0.1, -0.05) is 24.3 Å². The summed E-state index contributed by atoms with van der Waals surface area (Å²) in [5.41, 5.74) is 3.36. The van der Waals surface area contributed by atoms with Crippen molar-refractivity contribution in [2.24, 2.45) is 0 Å². The largest absolute Gasteiger partial charge is 0.484 e. The van der Waals surface area contributed by atoms with Crippen LogP contribution < -0.4 is 15.0 Å². The molecule has 4 heteroatoms. The average molecular weight is 296 g/mol. The molecule has 0 aromatic heterocycles. The normalized spacial score (nSPS) is 13.4. The van der Waals surface area contributed by atoms with Gasteiger partial charge in [0.25, 0.3) is 5.91 Å². The Kier molecular flexibility index (Phi) is 4.28. The van der Waals surface area contributed by atoms with E-state index >= 15 is 0 Å². The van der Waals surface area contributed by atoms with Crippen molar-refractivity contribution in [3.63, 3.8) is 0 Å². The molecule has 0 spiro atoms. The van der Waals surface area contributed by atoms with Gasteiger partial charge in [-0.3, -0.25) is 4.79 Å². The summed E-state index contributed by atoms with van der Waals surface area (Å²) in [6.07, 6.45) is 2.28. The Morgan fingerprint density at radius 1 is 1.23 bits per heavy atom. The minimum absolute atomic E-state index is 0.0109. The van der Waals surface area contributed by atoms with Gasteiger partial charge in [0, 0.05) is 25.0 Å². The molecule has 114 valence electrons. The Hall–Kier alpha value is -2.49. The number of nitrogens with zero attached hydrogens (tertiary/aromatic N) is 1. The summed E-state index contributed by atoms with van der Waals surface area (Å²) in [6.45, 7) is 1.07. The van der Waals surface area contributed by atoms with Gasteiger partial charge in [-0.05, 0) is 42.7 Å². The number of fused-ring (bicyclic) bond motifs is 1. The summed E-state index contributed by atoms with van der Waals surface area (Å²) < 4.78 is 5.45. The first-order valence-electron chi connectivity index (χ1n) is 7.54. The molecule has 0 atom stereocenters. The lowest BCUT2D eigenvalue weighted by molar-refractivity contribution is -0.118. The molecule has 0 aliphatic carbocycles. The van der Waals surface area contributed by atoms with Crippen molar-refractivity contribution in [1.29, 1.82) is 0 Å². The first-order valence-corrected chi connectivity index (χ1v) is 7.54. The van der Waals surface area contributed by atoms with Gasteiger partial charge in [-0.25, -0.2) is 0 Å². The van der Waals surface area contributed by atoms with E-state index in [0.717, 1.165) is 18.7 Å². The van der Waals surface area contributed by atoms with Gasteiger partial charge >= 0.3 is 0 Å². The van der Waals surface area contributed by atoms with Crippen LogP contribution in [0.3, 0.4) is 0 Å². The molecule has 4 nitrogen and oxygen atoms in total. The topological polar surface area (TPSA) is 41.6 Å². The van der Waals surface area contributed by atoms with E-state index in [4.69, 9.17) is 4.74 Å². The number of nitrogens with one attached hydrogen (secondary N) is 1. The first kappa shape index (κ1) is 14.4. The molecule has 0 radical (unpaired) electrons. The van der Waals surface area contributed by atoms with E-state index in [9.17, 15) is 4.79 Å². The van der Waals surface area contributed by atoms with Gasteiger partial charge in [-0.2, -0.15) is 0 Å². The van der Waals surface area contributed by atoms with Gasteiger partial charge in [0.1, 0.15) is 5.75 Å². The van der Waals surface area contributed by atoms with Gasteiger partial charge in [0.2, 0.25) is 0 Å². The summed E-state index contributed by atoms with van der Waals surface area (Å²) in [7, 11) is 2.09. The van der Waals surface area contributed by atoms with Gasteiger partial charge in [0.05, 0.1) is 0 Å². The molecule has 0 unspecified atom stereocenters. The lowest BCUT2D eigenvalue weighted by atomic mass is 10.0. The molecule has 2 aromatic carbocycles. The van der Waals surface area contributed by atoms with Crippen LogP contribution in [-0.4, -0.2) is 26.1 Å². The molecule has 0 bridgehead atoms. The van der Waals surface area contributed by atoms with Crippen molar-refractivity contribution < 1.29 is 9.53 Å². The SMILES string of the molecule is CN1CCCc2ccc(NC(=O)COc3ccccc3)cc21. The zero-order chi connectivity index (χ0) is 15.4. The Morgan fingerprint density at radius 2 is 2.05 bits per heavy atom. The third-order valence-electron chi connectivity index (χ3n) is 3.83. The highest BCUT2D eigenvalue weighted by molar-refractivity contribution is 5.92. The summed E-state index contributed by atoms with van der Waals surface area (Å²) in [6, 6.07) is 15.4. The zero-order valence-electron chi connectivity index (χ0n) is 12.7. The van der Waals surface area contributed by atoms with Gasteiger partial charge < -0.3 is 15.0 Å². The summed E-state index contributed by atoms with van der Waals surface area (Å²) in [5, 5.41) is 2.89. The Labute approximate surface area is 130 Å². The number of carbonyl (C=O) groups excluding carboxylic acids is 1. The molecule has 0 saturated carbocycles. The molecular formula is C18H20N2O2. The fraction of sp³-hybridized carbons (Fsp3) is 0.278. The number of rotatable bonds is 4. The predicted molar refractivity (Wildman–Crippen MR) is 88.6 cm³/mol. The number of benzene rings is 2. The van der Waals surface area contributed by atoms with Crippen LogP contribution in [0.4, 0.5) is 11.4 Å². The fourth-order valence-corrected chi connectivity index (χ4v) is 2.70. The molecule has 1 heterocycles. The lowest BCUT2D eigenvalue weighted by Gasteiger charge is -2.28. The molecule has 3 rings (SSSR count). The van der Waals surface area contributed by atoms with Crippen molar-refractivity contribution in [2.45, 2.75) is 12.8 Å². The van der Waals surface area contributed by atoms with E-state index in [2.05, 4.69) is 23.3 Å². The molecule has 22 heavy (non-hydrogen) atoms. The summed E-state index contributed by atoms with van der Waals surface area (Å²) in [5.74, 6) is 0.546. The maximum Gasteiger partial charge on any atom is 0.262 e. The van der Waals surface area contributed by atoms with E-state index in [1.807, 2.05) is 42.5 Å². The first-order chi connectivity index (χ1) is 10.7. The Bertz CT molecular complexity index is 655. The van der Waals surface area contributed by atoms with E-state index in [1.54, 1.807) is 0 Å². The summed E-state index contributed by atoms with van der Waals surface area (Å²) in [4.78, 5) is 14.2. The highest BCUT2D eigenvalue weighted by Gasteiger charge is 2.14. The standard InChI is InChI=1S/C18H20N2O2/c1-20-11-5-6-14-9-10-15(12-17(14)20)19-18(21)13-22-16-7-3-2-4-8-16/h2-4,7-10,12H,5-6,11,13H2,1H3,(H,19,21). The fourth-order valence-electron chi connectivity index (χ4n) is 2.70. The number of amides is 1. The smallest absolute Gasteiger partial charge is 0.262 e. The summed E-state index contributed by atoms with van der Waals surface area (Å²) >= 11 is 0. The Morgan fingerprint density at radius 3 is 2.86 bits per heavy atom. The number of ether oxygens (including phenoxy) is 1. The highest BCUT2D eigenvalue weighted by atomic mass is 16.5. The monoisotopic (exact) mass is 296 g/mol. The maximum absolute atomic E-state index is 12.0. The van der Waals surface area contributed by atoms with Gasteiger partial charge in [0.15, 0.2) is 6.61 Å². The molecule has 1 aliphatic rings. The van der Waals surface area contributed by atoms with E-state index in [0.29, 0.717) is 5.75 Å². The van der Waals surface area contributed by atoms with Crippen LogP contribution in [0.5, 0.6) is 5.75 Å². The lowest BCUT2D eigenvalue weighted by Crippen LogP contribution is -2.25. The molecule has 1 N–H and O–H groups in total. The number of anilines is 2. The highest BCUT2D eigenvalue weighted by Crippen LogP contribution is 2.28. The van der Waals surface area contributed by atoms with Crippen LogP contribution in [0.25, 0.3) is 0 Å². The van der Waals surface area contributed by atoms with Gasteiger partial charge in [-0.15, -0.1) is 0 Å². The maximum atomic E-state index is 12.0. The van der Waals surface area contributed by atoms with Crippen molar-refractivity contribution in [3.8, 4) is 5.75 Å². The number of aryl methyl sites for hydroxylation is 1. The molecule has 0 fully saturated rings. The second kappa shape index (κ2) is 6.52. The van der Waals surface area contributed by atoms with E-state index in [1.165, 1.54) is 17.7 Å². The zero-order valence-corrected chi connectivity index (χ0v) is 12.7. The second-order valence-corrected chi connectivity index (χ2v) is 5.52. The number of hydrogen-bond acceptors (Lipinski definition) is 3. The average Bonchev–Trinajstić information content (AvgIpc) is 2.55. The van der Waals surface area contributed by atoms with Crippen LogP contribution in [0, 0.1) is 0 Å². The number of carbonyl (C=O) groups is 1. The van der Waals surface area contributed by atoms with Crippen molar-refractivity contribution in [2.75, 3.05) is 30.4 Å². The van der Waals surface area contributed by atoms with Crippen LogP contribution in [0.15, 0.2) is 48.5 Å². The van der Waals surface area contributed by atoms with Crippen LogP contribution >= 0.6 is 0 Å². The van der Waals surface area contributed by atoms with Crippen molar-refractivity contribution in [3.05, 3.63) is 54.1 Å². The number of para-hydroxylation sites is 1. The quantitative estimate of drug-likeness (QED) is 0.942. The molecule has 1 amide bonds. The molecular weight excluding hydrogens is 276 g/mol. The van der Waals surface area contributed by atoms with E-state index < -0.39 is 0 Å². The number of hydrogen-bond donors (Lipinski definition) is 1. The van der Waals surface area contributed by atoms with Crippen LogP contribution in [-0.2, 0) is 11.2 Å². The molecule has 1 aliphatic heterocycles. The third kappa shape index (κ3) is 3.39. The van der Waals surface area contributed by atoms with E-state index in [-0.39, 0.29) is 12.5 Å². The minimum Gasteiger partial charge on any atom is -0.484 e. The minimum atomic E-state index is -0.151. The Balaban J connectivity index is 1.61. The van der Waals surface area contributed by atoms with Crippen molar-refractivity contribution in [1.82, 2.24) is 0 Å². The second-order valence-electron chi connectivity index (χ2n) is 5.52. The molecule has 2 aromatic rings. The predicted octanol–water partition coefficient (Wildman–Crippen LogP) is 3.09. The van der Waals surface area contributed by atoms with Crippen LogP contribution in [0.1, 0.15) is 12.0 Å². The third-order valence-corrected chi connectivity index (χ3v) is 3.83. The van der Waals surface area contributed by atoms with Crippen molar-refractivity contribution >= 4 is 17.3 Å². The van der Waals surface area contributed by atoms with Crippen LogP contribution in [0.2, 0.25) is 0 Å². The molecule has 0 saturated heterocycles.